The minimum atomic E-state index is -0.507. The number of nitro benzene ring substituents is 1. The molecule has 1 aromatic heterocycles. The molecule has 32 heavy (non-hydrogen) atoms. The first kappa shape index (κ1) is 22.7. The van der Waals surface area contributed by atoms with Crippen molar-refractivity contribution in [3.8, 4) is 5.75 Å². The highest BCUT2D eigenvalue weighted by Crippen LogP contribution is 2.13. The number of H-pyrrole nitrogens is 2. The molecule has 0 aliphatic rings. The van der Waals surface area contributed by atoms with E-state index in [1.165, 1.54) is 30.3 Å². The minimum absolute atomic E-state index is 0.0560. The maximum Gasteiger partial charge on any atom is 0.272 e. The van der Waals surface area contributed by atoms with Crippen molar-refractivity contribution in [2.75, 3.05) is 27.2 Å². The maximum atomic E-state index is 12.4. The molecule has 0 radical (unpaired) electrons. The van der Waals surface area contributed by atoms with Gasteiger partial charge in [0.05, 0.1) is 11.5 Å². The van der Waals surface area contributed by atoms with Crippen LogP contribution in [0.15, 0.2) is 58.1 Å². The molecule has 3 aromatic rings. The van der Waals surface area contributed by atoms with Crippen molar-refractivity contribution in [1.29, 1.82) is 0 Å². The van der Waals surface area contributed by atoms with Gasteiger partial charge in [0.25, 0.3) is 16.8 Å². The molecule has 1 heterocycles. The third kappa shape index (κ3) is 6.26. The van der Waals surface area contributed by atoms with Gasteiger partial charge in [-0.1, -0.05) is 12.1 Å². The van der Waals surface area contributed by atoms with Crippen LogP contribution in [0, 0.1) is 10.1 Å². The molecule has 0 fully saturated rings. The fourth-order valence-corrected chi connectivity index (χ4v) is 2.95. The van der Waals surface area contributed by atoms with Gasteiger partial charge in [-0.25, -0.2) is 0 Å². The topological polar surface area (TPSA) is 121 Å². The van der Waals surface area contributed by atoms with E-state index in [0.29, 0.717) is 12.2 Å². The van der Waals surface area contributed by atoms with E-state index in [1.807, 2.05) is 26.2 Å². The maximum absolute atomic E-state index is 12.4. The van der Waals surface area contributed by atoms with Crippen LogP contribution in [0.25, 0.3) is 12.2 Å². The van der Waals surface area contributed by atoms with E-state index in [0.717, 1.165) is 24.3 Å². The number of aromatic nitrogens is 2. The van der Waals surface area contributed by atoms with Gasteiger partial charge >= 0.3 is 0 Å². The molecule has 0 saturated carbocycles. The van der Waals surface area contributed by atoms with Crippen LogP contribution in [-0.2, 0) is 0 Å². The van der Waals surface area contributed by atoms with Crippen LogP contribution >= 0.6 is 0 Å². The Hall–Kier alpha value is -3.98. The molecule has 0 unspecified atom stereocenters. The van der Waals surface area contributed by atoms with Crippen molar-refractivity contribution in [1.82, 2.24) is 14.9 Å². The molecule has 0 aliphatic carbocycles. The molecule has 2 aromatic carbocycles. The third-order valence-electron chi connectivity index (χ3n) is 4.61. The van der Waals surface area contributed by atoms with E-state index in [1.54, 1.807) is 18.2 Å². The zero-order valence-corrected chi connectivity index (χ0v) is 17.8. The first-order valence-corrected chi connectivity index (χ1v) is 10.00. The number of nitrogens with one attached hydrogen (secondary N) is 2. The van der Waals surface area contributed by atoms with E-state index in [4.69, 9.17) is 4.74 Å². The average Bonchev–Trinajstić information content (AvgIpc) is 2.76. The van der Waals surface area contributed by atoms with E-state index in [2.05, 4.69) is 14.9 Å². The predicted octanol–water partition coefficient (Wildman–Crippen LogP) is 0.960. The number of nitrogens with zero attached hydrogens (tertiary/aromatic N) is 2. The SMILES string of the molecule is CN(C)CCCOc1ccc(C=c2[nH]c(=O)c(=Cc3ccc([N+](=O)[O-])cc3)[nH]c2=O)cc1. The smallest absolute Gasteiger partial charge is 0.272 e. The Bertz CT molecular complexity index is 1310. The second-order valence-corrected chi connectivity index (χ2v) is 7.45. The molecule has 0 aliphatic heterocycles. The number of ether oxygens (including phenoxy) is 1. The summed E-state index contributed by atoms with van der Waals surface area (Å²) in [6.45, 7) is 1.56. The molecular weight excluding hydrogens is 412 g/mol. The number of non-ortho nitro benzene ring substituents is 1. The largest absolute Gasteiger partial charge is 0.494 e. The third-order valence-corrected chi connectivity index (χ3v) is 4.61. The quantitative estimate of drug-likeness (QED) is 0.308. The number of benzene rings is 2. The first-order valence-electron chi connectivity index (χ1n) is 10.00. The lowest BCUT2D eigenvalue weighted by Crippen LogP contribution is -2.46. The van der Waals surface area contributed by atoms with Crippen molar-refractivity contribution in [2.24, 2.45) is 0 Å². The number of rotatable bonds is 8. The Labute approximate surface area is 183 Å². The van der Waals surface area contributed by atoms with Crippen LogP contribution in [0.1, 0.15) is 17.5 Å². The van der Waals surface area contributed by atoms with Crippen LogP contribution in [0.5, 0.6) is 5.75 Å². The molecule has 0 amide bonds. The highest BCUT2D eigenvalue weighted by molar-refractivity contribution is 5.51. The molecule has 9 heteroatoms. The van der Waals surface area contributed by atoms with Crippen LogP contribution in [0.3, 0.4) is 0 Å². The van der Waals surface area contributed by atoms with Gasteiger partial charge in [-0.2, -0.15) is 0 Å². The summed E-state index contributed by atoms with van der Waals surface area (Å²) in [6.07, 6.45) is 3.95. The fourth-order valence-electron chi connectivity index (χ4n) is 2.95. The molecule has 0 atom stereocenters. The number of aromatic amines is 2. The second kappa shape index (κ2) is 10.4. The Morgan fingerprint density at radius 2 is 1.41 bits per heavy atom. The Balaban J connectivity index is 1.79. The lowest BCUT2D eigenvalue weighted by Gasteiger charge is -2.10. The Kier molecular flexibility index (Phi) is 7.35. The molecule has 0 saturated heterocycles. The summed E-state index contributed by atoms with van der Waals surface area (Å²) in [5.41, 5.74) is 0.296. The molecular formula is C23H24N4O5. The summed E-state index contributed by atoms with van der Waals surface area (Å²) >= 11 is 0. The van der Waals surface area contributed by atoms with Crippen LogP contribution in [0.2, 0.25) is 0 Å². The van der Waals surface area contributed by atoms with Gasteiger partial charge in [0.15, 0.2) is 0 Å². The highest BCUT2D eigenvalue weighted by atomic mass is 16.6. The van der Waals surface area contributed by atoms with Crippen molar-refractivity contribution in [2.45, 2.75) is 6.42 Å². The Morgan fingerprint density at radius 1 is 0.906 bits per heavy atom. The lowest BCUT2D eigenvalue weighted by molar-refractivity contribution is -0.384. The minimum Gasteiger partial charge on any atom is -0.494 e. The molecule has 9 nitrogen and oxygen atoms in total. The Morgan fingerprint density at radius 3 is 1.88 bits per heavy atom. The van der Waals surface area contributed by atoms with Crippen molar-refractivity contribution < 1.29 is 9.66 Å². The zero-order valence-electron chi connectivity index (χ0n) is 17.8. The van der Waals surface area contributed by atoms with Crippen molar-refractivity contribution in [3.63, 3.8) is 0 Å². The van der Waals surface area contributed by atoms with Gasteiger partial charge in [-0.3, -0.25) is 19.7 Å². The van der Waals surface area contributed by atoms with E-state index in [-0.39, 0.29) is 16.4 Å². The summed E-state index contributed by atoms with van der Waals surface area (Å²) in [5, 5.41) is 10.9. The predicted molar refractivity (Wildman–Crippen MR) is 122 cm³/mol. The van der Waals surface area contributed by atoms with Crippen LogP contribution in [0.4, 0.5) is 5.69 Å². The summed E-state index contributed by atoms with van der Waals surface area (Å²) < 4.78 is 5.69. The van der Waals surface area contributed by atoms with Gasteiger partial charge in [0.2, 0.25) is 0 Å². The van der Waals surface area contributed by atoms with Gasteiger partial charge in [0, 0.05) is 18.7 Å². The van der Waals surface area contributed by atoms with Crippen LogP contribution in [-0.4, -0.2) is 47.0 Å². The molecule has 3 rings (SSSR count). The zero-order chi connectivity index (χ0) is 23.1. The van der Waals surface area contributed by atoms with Crippen LogP contribution < -0.4 is 26.6 Å². The van der Waals surface area contributed by atoms with Gasteiger partial charge in [-0.15, -0.1) is 0 Å². The van der Waals surface area contributed by atoms with E-state index < -0.39 is 16.0 Å². The van der Waals surface area contributed by atoms with Crippen molar-refractivity contribution in [3.05, 3.63) is 101 Å². The second-order valence-electron chi connectivity index (χ2n) is 7.45. The summed E-state index contributed by atoms with van der Waals surface area (Å²) in [6, 6.07) is 12.9. The number of nitro groups is 1. The lowest BCUT2D eigenvalue weighted by atomic mass is 10.2. The molecule has 0 spiro atoms. The highest BCUT2D eigenvalue weighted by Gasteiger charge is 2.03. The van der Waals surface area contributed by atoms with Gasteiger partial charge in [-0.05, 0) is 68.1 Å². The average molecular weight is 436 g/mol. The fraction of sp³-hybridized carbons (Fsp3) is 0.217. The molecule has 0 bridgehead atoms. The van der Waals surface area contributed by atoms with E-state index in [9.17, 15) is 19.7 Å². The van der Waals surface area contributed by atoms with E-state index >= 15 is 0 Å². The van der Waals surface area contributed by atoms with Crippen molar-refractivity contribution >= 4 is 17.8 Å². The number of hydrogen-bond donors (Lipinski definition) is 2. The standard InChI is InChI=1S/C23H24N4O5/c1-26(2)12-3-13-32-19-10-6-17(7-11-19)15-21-23(29)24-20(22(28)25-21)14-16-4-8-18(9-5-16)27(30)31/h4-11,14-15H,3,12-13H2,1-2H3,(H,24,29)(H,25,28). The van der Waals surface area contributed by atoms with Gasteiger partial charge in [0.1, 0.15) is 16.4 Å². The summed E-state index contributed by atoms with van der Waals surface area (Å²) in [7, 11) is 4.02. The first-order chi connectivity index (χ1) is 15.3. The van der Waals surface area contributed by atoms with Gasteiger partial charge < -0.3 is 19.6 Å². The summed E-state index contributed by atoms with van der Waals surface area (Å²) in [4.78, 5) is 42.3. The number of hydrogen-bond acceptors (Lipinski definition) is 6. The molecule has 166 valence electrons. The summed E-state index contributed by atoms with van der Waals surface area (Å²) in [5.74, 6) is 0.733. The molecule has 2 N–H and O–H groups in total. The monoisotopic (exact) mass is 436 g/mol. The normalized spacial score (nSPS) is 12.3.